The number of rotatable bonds is 8. The van der Waals surface area contributed by atoms with Crippen molar-refractivity contribution in [3.05, 3.63) is 65.7 Å². The van der Waals surface area contributed by atoms with Crippen LogP contribution in [0.2, 0.25) is 0 Å². The Bertz CT molecular complexity index is 998. The number of epoxide rings is 1. The van der Waals surface area contributed by atoms with E-state index in [2.05, 4.69) is 19.1 Å². The maximum absolute atomic E-state index is 6.65. The topological polar surface area (TPSA) is 67.9 Å². The standard InChI is InChI=1S/C28H34O7/c1-19-15-27(34-26(19)31-17-21-8-10-22(29-2)11-9-21)12-13-28(35-27)25-24(32-25)14-23(33-28)18-30-16-20-6-4-3-5-7-20/h3-11,19,23-26H,12-18H2,1-2H3/t19-,23+,24-,25-,26+,27-,28-/m1/s1. The van der Waals surface area contributed by atoms with Gasteiger partial charge >= 0.3 is 0 Å². The van der Waals surface area contributed by atoms with E-state index in [1.807, 2.05) is 42.5 Å². The minimum absolute atomic E-state index is 0.0228. The minimum atomic E-state index is -0.756. The lowest BCUT2D eigenvalue weighted by Gasteiger charge is -2.37. The van der Waals surface area contributed by atoms with Crippen LogP contribution in [0.4, 0.5) is 0 Å². The third-order valence-corrected chi connectivity index (χ3v) is 7.51. The Morgan fingerprint density at radius 1 is 0.943 bits per heavy atom. The number of ether oxygens (including phenoxy) is 7. The molecule has 0 radical (unpaired) electrons. The summed E-state index contributed by atoms with van der Waals surface area (Å²) >= 11 is 0. The van der Waals surface area contributed by atoms with E-state index < -0.39 is 11.6 Å². The Labute approximate surface area is 206 Å². The predicted molar refractivity (Wildman–Crippen MR) is 126 cm³/mol. The summed E-state index contributed by atoms with van der Waals surface area (Å²) in [7, 11) is 1.66. The first kappa shape index (κ1) is 23.4. The summed E-state index contributed by atoms with van der Waals surface area (Å²) in [5, 5.41) is 0. The number of benzene rings is 2. The molecule has 35 heavy (non-hydrogen) atoms. The molecule has 4 aliphatic heterocycles. The van der Waals surface area contributed by atoms with Crippen molar-refractivity contribution in [1.82, 2.24) is 0 Å². The first-order valence-electron chi connectivity index (χ1n) is 12.6. The van der Waals surface area contributed by atoms with Crippen LogP contribution in [-0.2, 0) is 41.6 Å². The third kappa shape index (κ3) is 4.86. The fourth-order valence-electron chi connectivity index (χ4n) is 5.70. The average Bonchev–Trinajstić information content (AvgIpc) is 3.50. The lowest BCUT2D eigenvalue weighted by atomic mass is 9.97. The molecule has 0 amide bonds. The Hall–Kier alpha value is -2.00. The van der Waals surface area contributed by atoms with Crippen molar-refractivity contribution < 1.29 is 33.2 Å². The number of fused-ring (bicyclic) bond motifs is 2. The normalized spacial score (nSPS) is 37.6. The van der Waals surface area contributed by atoms with Gasteiger partial charge in [0.05, 0.1) is 39.1 Å². The molecule has 4 fully saturated rings. The SMILES string of the molecule is COc1ccc(CO[C@H]2O[C@@]3(CC[C@@]4(O[C@H](COCc5ccccc5)C[C@H]5O[C@H]54)O3)C[C@H]2C)cc1. The molecule has 0 aliphatic carbocycles. The van der Waals surface area contributed by atoms with Gasteiger partial charge < -0.3 is 33.2 Å². The van der Waals surface area contributed by atoms with Crippen molar-refractivity contribution in [3.63, 3.8) is 0 Å². The molecule has 2 aromatic rings. The van der Waals surface area contributed by atoms with E-state index in [0.29, 0.717) is 19.8 Å². The molecule has 7 nitrogen and oxygen atoms in total. The van der Waals surface area contributed by atoms with Gasteiger partial charge in [-0.3, -0.25) is 0 Å². The van der Waals surface area contributed by atoms with Gasteiger partial charge in [0.2, 0.25) is 5.79 Å². The third-order valence-electron chi connectivity index (χ3n) is 7.51. The molecule has 7 atom stereocenters. The smallest absolute Gasteiger partial charge is 0.200 e. The van der Waals surface area contributed by atoms with Crippen LogP contribution < -0.4 is 4.74 Å². The van der Waals surface area contributed by atoms with E-state index in [4.69, 9.17) is 33.2 Å². The second-order valence-corrected chi connectivity index (χ2v) is 10.2. The van der Waals surface area contributed by atoms with Crippen molar-refractivity contribution >= 4 is 0 Å². The van der Waals surface area contributed by atoms with Gasteiger partial charge in [-0.2, -0.15) is 0 Å². The molecular formula is C28H34O7. The molecule has 0 saturated carbocycles. The highest BCUT2D eigenvalue weighted by Crippen LogP contribution is 2.56. The summed E-state index contributed by atoms with van der Waals surface area (Å²) in [5.74, 6) is -0.394. The highest BCUT2D eigenvalue weighted by molar-refractivity contribution is 5.26. The number of hydrogen-bond acceptors (Lipinski definition) is 7. The molecule has 4 saturated heterocycles. The van der Waals surface area contributed by atoms with Crippen LogP contribution in [0.15, 0.2) is 54.6 Å². The molecule has 7 heteroatoms. The van der Waals surface area contributed by atoms with Crippen LogP contribution in [0, 0.1) is 5.92 Å². The Kier molecular flexibility index (Phi) is 6.33. The largest absolute Gasteiger partial charge is 0.497 e. The van der Waals surface area contributed by atoms with Gasteiger partial charge in [0.25, 0.3) is 0 Å². The van der Waals surface area contributed by atoms with Gasteiger partial charge in [0, 0.05) is 31.6 Å². The summed E-state index contributed by atoms with van der Waals surface area (Å²) in [6.07, 6.45) is 2.90. The summed E-state index contributed by atoms with van der Waals surface area (Å²) in [5.41, 5.74) is 2.23. The molecule has 4 aliphatic rings. The summed E-state index contributed by atoms with van der Waals surface area (Å²) in [6.45, 7) is 3.72. The summed E-state index contributed by atoms with van der Waals surface area (Å²) < 4.78 is 42.9. The molecule has 0 N–H and O–H groups in total. The Morgan fingerprint density at radius 2 is 1.74 bits per heavy atom. The zero-order valence-electron chi connectivity index (χ0n) is 20.4. The van der Waals surface area contributed by atoms with E-state index in [-0.39, 0.29) is 30.5 Å². The number of methoxy groups -OCH3 is 1. The van der Waals surface area contributed by atoms with Gasteiger partial charge in [-0.15, -0.1) is 0 Å². The fraction of sp³-hybridized carbons (Fsp3) is 0.571. The maximum Gasteiger partial charge on any atom is 0.200 e. The molecule has 4 heterocycles. The van der Waals surface area contributed by atoms with E-state index in [0.717, 1.165) is 42.6 Å². The van der Waals surface area contributed by atoms with Crippen LogP contribution in [0.3, 0.4) is 0 Å². The molecule has 0 bridgehead atoms. The van der Waals surface area contributed by atoms with Crippen molar-refractivity contribution in [1.29, 1.82) is 0 Å². The average molecular weight is 483 g/mol. The van der Waals surface area contributed by atoms with Gasteiger partial charge in [-0.05, 0) is 23.3 Å². The Morgan fingerprint density at radius 3 is 2.54 bits per heavy atom. The molecule has 0 aromatic heterocycles. The van der Waals surface area contributed by atoms with Crippen molar-refractivity contribution in [2.24, 2.45) is 5.92 Å². The Balaban J connectivity index is 1.04. The monoisotopic (exact) mass is 482 g/mol. The van der Waals surface area contributed by atoms with E-state index in [9.17, 15) is 0 Å². The van der Waals surface area contributed by atoms with Crippen molar-refractivity contribution in [2.75, 3.05) is 13.7 Å². The summed E-state index contributed by atoms with van der Waals surface area (Å²) in [6, 6.07) is 18.1. The second kappa shape index (κ2) is 9.47. The number of hydrogen-bond donors (Lipinski definition) is 0. The minimum Gasteiger partial charge on any atom is -0.497 e. The lowest BCUT2D eigenvalue weighted by molar-refractivity contribution is -0.350. The fourth-order valence-corrected chi connectivity index (χ4v) is 5.70. The van der Waals surface area contributed by atoms with E-state index in [1.54, 1.807) is 7.11 Å². The van der Waals surface area contributed by atoms with Crippen molar-refractivity contribution in [3.8, 4) is 5.75 Å². The highest BCUT2D eigenvalue weighted by atomic mass is 16.8. The van der Waals surface area contributed by atoms with Crippen LogP contribution in [0.5, 0.6) is 5.75 Å². The van der Waals surface area contributed by atoms with Crippen LogP contribution in [0.1, 0.15) is 43.7 Å². The molecule has 6 rings (SSSR count). The first-order chi connectivity index (χ1) is 17.1. The van der Waals surface area contributed by atoms with E-state index in [1.165, 1.54) is 0 Å². The molecule has 2 aromatic carbocycles. The van der Waals surface area contributed by atoms with Gasteiger partial charge in [-0.1, -0.05) is 49.4 Å². The van der Waals surface area contributed by atoms with Crippen LogP contribution in [0.25, 0.3) is 0 Å². The zero-order chi connectivity index (χ0) is 23.9. The van der Waals surface area contributed by atoms with Crippen LogP contribution in [-0.4, -0.2) is 49.9 Å². The van der Waals surface area contributed by atoms with Gasteiger partial charge in [-0.25, -0.2) is 0 Å². The van der Waals surface area contributed by atoms with E-state index >= 15 is 0 Å². The molecular weight excluding hydrogens is 448 g/mol. The molecule has 188 valence electrons. The molecule has 0 unspecified atom stereocenters. The second-order valence-electron chi connectivity index (χ2n) is 10.2. The predicted octanol–water partition coefficient (Wildman–Crippen LogP) is 4.57. The van der Waals surface area contributed by atoms with Gasteiger partial charge in [0.15, 0.2) is 12.1 Å². The maximum atomic E-state index is 6.65. The first-order valence-corrected chi connectivity index (χ1v) is 12.6. The zero-order valence-corrected chi connectivity index (χ0v) is 20.4. The van der Waals surface area contributed by atoms with Crippen LogP contribution >= 0.6 is 0 Å². The quantitative estimate of drug-likeness (QED) is 0.511. The highest BCUT2D eigenvalue weighted by Gasteiger charge is 2.68. The van der Waals surface area contributed by atoms with Crippen molar-refractivity contribution in [2.45, 2.75) is 82.0 Å². The lowest BCUT2D eigenvalue weighted by Crippen LogP contribution is -2.50. The van der Waals surface area contributed by atoms with Gasteiger partial charge in [0.1, 0.15) is 11.9 Å². The summed E-state index contributed by atoms with van der Waals surface area (Å²) in [4.78, 5) is 0. The molecule has 2 spiro atoms.